The monoisotopic (exact) mass is 308 g/mol. The minimum atomic E-state index is 0.157. The molecule has 23 heavy (non-hydrogen) atoms. The predicted octanol–water partition coefficient (Wildman–Crippen LogP) is 3.00. The smallest absolute Gasteiger partial charge is 0.258 e. The molecule has 6 rings (SSSR count). The number of nitrogens with zero attached hydrogens (tertiary/aromatic N) is 2. The quantitative estimate of drug-likeness (QED) is 0.856. The maximum absolute atomic E-state index is 12.9. The van der Waals surface area contributed by atoms with Gasteiger partial charge < -0.3 is 14.2 Å². The molecule has 2 bridgehead atoms. The Morgan fingerprint density at radius 3 is 2.52 bits per heavy atom. The fourth-order valence-electron chi connectivity index (χ4n) is 4.41. The van der Waals surface area contributed by atoms with Crippen LogP contribution in [0, 0.1) is 5.92 Å². The molecule has 5 heterocycles. The normalized spacial score (nSPS) is 29.1. The Bertz CT molecular complexity index is 744. The van der Waals surface area contributed by atoms with Gasteiger partial charge in [-0.1, -0.05) is 30.3 Å². The first-order valence-electron chi connectivity index (χ1n) is 8.51. The molecule has 4 heteroatoms. The van der Waals surface area contributed by atoms with E-state index in [0.29, 0.717) is 18.5 Å². The molecule has 1 amide bonds. The van der Waals surface area contributed by atoms with E-state index in [0.717, 1.165) is 29.2 Å². The summed E-state index contributed by atoms with van der Waals surface area (Å²) in [6.45, 7) is 4.07. The lowest BCUT2D eigenvalue weighted by Crippen LogP contribution is -2.57. The summed E-state index contributed by atoms with van der Waals surface area (Å²) in [6.07, 6.45) is 2.45. The van der Waals surface area contributed by atoms with Crippen molar-refractivity contribution in [2.45, 2.75) is 25.4 Å². The van der Waals surface area contributed by atoms with Crippen molar-refractivity contribution in [2.75, 3.05) is 19.6 Å². The van der Waals surface area contributed by atoms with E-state index in [1.54, 1.807) is 0 Å². The summed E-state index contributed by atoms with van der Waals surface area (Å²) >= 11 is 0. The average molecular weight is 308 g/mol. The first kappa shape index (κ1) is 13.4. The second-order valence-electron chi connectivity index (χ2n) is 6.95. The lowest BCUT2D eigenvalue weighted by Gasteiger charge is -2.48. The fourth-order valence-corrected chi connectivity index (χ4v) is 4.41. The second kappa shape index (κ2) is 4.96. The van der Waals surface area contributed by atoms with Crippen molar-refractivity contribution < 1.29 is 9.21 Å². The van der Waals surface area contributed by atoms with Crippen molar-refractivity contribution in [1.29, 1.82) is 0 Å². The second-order valence-corrected chi connectivity index (χ2v) is 6.95. The molecule has 2 aromatic rings. The summed E-state index contributed by atoms with van der Waals surface area (Å²) in [5.74, 6) is 2.47. The standard InChI is InChI=1S/C19H20N2O2/c22-19-15-10-17(14-4-2-1-3-5-14)23-18(15)12-21(19)16-11-20-8-6-13(16)7-9-20/h1-5,10,13,16H,6-9,11-12H2/t16-/m0/s1. The number of rotatable bonds is 2. The molecule has 3 fully saturated rings. The zero-order chi connectivity index (χ0) is 15.4. The van der Waals surface area contributed by atoms with Crippen LogP contribution in [0.2, 0.25) is 0 Å². The molecular weight excluding hydrogens is 288 g/mol. The Morgan fingerprint density at radius 2 is 1.87 bits per heavy atom. The van der Waals surface area contributed by atoms with Crippen LogP contribution < -0.4 is 0 Å². The zero-order valence-electron chi connectivity index (χ0n) is 13.1. The Hall–Kier alpha value is -2.07. The predicted molar refractivity (Wildman–Crippen MR) is 87.0 cm³/mol. The minimum Gasteiger partial charge on any atom is -0.458 e. The molecular formula is C19H20N2O2. The molecule has 0 N–H and O–H groups in total. The number of fused-ring (bicyclic) bond motifs is 4. The van der Waals surface area contributed by atoms with E-state index in [2.05, 4.69) is 9.80 Å². The van der Waals surface area contributed by atoms with E-state index in [4.69, 9.17) is 4.42 Å². The maximum Gasteiger partial charge on any atom is 0.258 e. The third kappa shape index (κ3) is 2.05. The van der Waals surface area contributed by atoms with Crippen molar-refractivity contribution in [3.05, 3.63) is 47.7 Å². The number of carbonyl (C=O) groups is 1. The molecule has 0 aliphatic carbocycles. The fraction of sp³-hybridized carbons (Fsp3) is 0.421. The van der Waals surface area contributed by atoms with Crippen LogP contribution in [-0.2, 0) is 6.54 Å². The summed E-state index contributed by atoms with van der Waals surface area (Å²) in [6, 6.07) is 12.3. The van der Waals surface area contributed by atoms with Gasteiger partial charge in [-0.2, -0.15) is 0 Å². The topological polar surface area (TPSA) is 36.7 Å². The number of furan rings is 1. The van der Waals surface area contributed by atoms with Gasteiger partial charge in [0.2, 0.25) is 0 Å². The highest BCUT2D eigenvalue weighted by atomic mass is 16.3. The van der Waals surface area contributed by atoms with Crippen molar-refractivity contribution in [3.63, 3.8) is 0 Å². The van der Waals surface area contributed by atoms with Crippen molar-refractivity contribution in [1.82, 2.24) is 9.80 Å². The van der Waals surface area contributed by atoms with E-state index >= 15 is 0 Å². The van der Waals surface area contributed by atoms with E-state index < -0.39 is 0 Å². The van der Waals surface area contributed by atoms with Crippen LogP contribution in [0.5, 0.6) is 0 Å². The van der Waals surface area contributed by atoms with Crippen LogP contribution >= 0.6 is 0 Å². The van der Waals surface area contributed by atoms with Gasteiger partial charge in [0.05, 0.1) is 12.1 Å². The van der Waals surface area contributed by atoms with E-state index in [-0.39, 0.29) is 5.91 Å². The zero-order valence-corrected chi connectivity index (χ0v) is 13.1. The van der Waals surface area contributed by atoms with Crippen molar-refractivity contribution in [2.24, 2.45) is 5.92 Å². The van der Waals surface area contributed by atoms with Crippen molar-refractivity contribution >= 4 is 5.91 Å². The number of hydrogen-bond acceptors (Lipinski definition) is 3. The van der Waals surface area contributed by atoms with E-state index in [1.165, 1.54) is 25.9 Å². The SMILES string of the molecule is O=C1c2cc(-c3ccccc3)oc2CN1[C@H]1CN2CCC1CC2. The molecule has 0 unspecified atom stereocenters. The van der Waals surface area contributed by atoms with Gasteiger partial charge in [-0.15, -0.1) is 0 Å². The first-order chi connectivity index (χ1) is 11.3. The molecule has 4 nitrogen and oxygen atoms in total. The summed E-state index contributed by atoms with van der Waals surface area (Å²) < 4.78 is 6.01. The van der Waals surface area contributed by atoms with E-state index in [9.17, 15) is 4.79 Å². The van der Waals surface area contributed by atoms with Crippen molar-refractivity contribution in [3.8, 4) is 11.3 Å². The highest BCUT2D eigenvalue weighted by Crippen LogP contribution is 2.37. The Morgan fingerprint density at radius 1 is 1.09 bits per heavy atom. The largest absolute Gasteiger partial charge is 0.458 e. The summed E-state index contributed by atoms with van der Waals surface area (Å²) in [7, 11) is 0. The van der Waals surface area contributed by atoms with Gasteiger partial charge in [-0.05, 0) is 37.9 Å². The number of carbonyl (C=O) groups excluding carboxylic acids is 1. The minimum absolute atomic E-state index is 0.157. The summed E-state index contributed by atoms with van der Waals surface area (Å²) in [4.78, 5) is 17.4. The van der Waals surface area contributed by atoms with Gasteiger partial charge in [-0.25, -0.2) is 0 Å². The Balaban J connectivity index is 1.42. The first-order valence-corrected chi connectivity index (χ1v) is 8.51. The molecule has 1 aromatic carbocycles. The number of benzene rings is 1. The molecule has 4 aliphatic rings. The van der Waals surface area contributed by atoms with Crippen LogP contribution in [0.3, 0.4) is 0 Å². The van der Waals surface area contributed by atoms with Crippen LogP contribution in [0.4, 0.5) is 0 Å². The van der Waals surface area contributed by atoms with Gasteiger partial charge >= 0.3 is 0 Å². The lowest BCUT2D eigenvalue weighted by atomic mass is 9.83. The highest BCUT2D eigenvalue weighted by molar-refractivity contribution is 5.99. The van der Waals surface area contributed by atoms with Gasteiger partial charge in [0.15, 0.2) is 0 Å². The van der Waals surface area contributed by atoms with Crippen LogP contribution in [0.1, 0.15) is 29.0 Å². The van der Waals surface area contributed by atoms with E-state index in [1.807, 2.05) is 36.4 Å². The molecule has 1 atom stereocenters. The number of piperidine rings is 3. The van der Waals surface area contributed by atoms with Crippen LogP contribution in [0.25, 0.3) is 11.3 Å². The molecule has 0 radical (unpaired) electrons. The third-order valence-corrected chi connectivity index (χ3v) is 5.69. The summed E-state index contributed by atoms with van der Waals surface area (Å²) in [5.41, 5.74) is 1.80. The van der Waals surface area contributed by atoms with Gasteiger partial charge in [0, 0.05) is 18.2 Å². The van der Waals surface area contributed by atoms with Gasteiger partial charge in [0.1, 0.15) is 11.5 Å². The van der Waals surface area contributed by atoms with Gasteiger partial charge in [0.25, 0.3) is 5.91 Å². The number of amides is 1. The third-order valence-electron chi connectivity index (χ3n) is 5.69. The van der Waals surface area contributed by atoms with Crippen LogP contribution in [0.15, 0.2) is 40.8 Å². The molecule has 118 valence electrons. The Kier molecular flexibility index (Phi) is 2.89. The maximum atomic E-state index is 12.9. The molecule has 0 saturated carbocycles. The highest BCUT2D eigenvalue weighted by Gasteiger charge is 2.43. The Labute approximate surface area is 135 Å². The molecule has 3 saturated heterocycles. The summed E-state index contributed by atoms with van der Waals surface area (Å²) in [5, 5.41) is 0. The van der Waals surface area contributed by atoms with Gasteiger partial charge in [-0.3, -0.25) is 4.79 Å². The average Bonchev–Trinajstić information content (AvgIpc) is 3.16. The number of hydrogen-bond donors (Lipinski definition) is 0. The molecule has 1 aromatic heterocycles. The van der Waals surface area contributed by atoms with Crippen LogP contribution in [-0.4, -0.2) is 41.4 Å². The molecule has 0 spiro atoms. The lowest BCUT2D eigenvalue weighted by molar-refractivity contribution is 0.00723. The molecule has 4 aliphatic heterocycles.